The van der Waals surface area contributed by atoms with E-state index in [1.165, 1.54) is 6.33 Å². The number of halogens is 1. The smallest absolute Gasteiger partial charge is 0.155 e. The van der Waals surface area contributed by atoms with Gasteiger partial charge in [-0.25, -0.2) is 9.97 Å². The third-order valence-electron chi connectivity index (χ3n) is 2.87. The molecule has 0 N–H and O–H groups in total. The molecule has 0 bridgehead atoms. The summed E-state index contributed by atoms with van der Waals surface area (Å²) in [5.74, 6) is 0.576. The van der Waals surface area contributed by atoms with Gasteiger partial charge in [-0.3, -0.25) is 0 Å². The van der Waals surface area contributed by atoms with Gasteiger partial charge in [0.25, 0.3) is 0 Å². The number of rotatable bonds is 1. The monoisotopic (exact) mass is 269 g/mol. The maximum atomic E-state index is 9.12. The lowest BCUT2D eigenvalue weighted by molar-refractivity contribution is 0.629. The highest BCUT2D eigenvalue weighted by molar-refractivity contribution is 6.31. The number of furan rings is 1. The van der Waals surface area contributed by atoms with Gasteiger partial charge in [-0.05, 0) is 25.1 Å². The first-order valence-electron chi connectivity index (χ1n) is 5.60. The van der Waals surface area contributed by atoms with Crippen LogP contribution in [0.1, 0.15) is 11.4 Å². The fraction of sp³-hybridized carbons (Fsp3) is 0.0714. The van der Waals surface area contributed by atoms with E-state index in [9.17, 15) is 0 Å². The number of aromatic nitrogens is 2. The first-order valence-corrected chi connectivity index (χ1v) is 5.98. The average molecular weight is 270 g/mol. The van der Waals surface area contributed by atoms with Crippen molar-refractivity contribution < 1.29 is 4.42 Å². The molecule has 0 aliphatic heterocycles. The van der Waals surface area contributed by atoms with E-state index in [2.05, 4.69) is 16.0 Å². The molecule has 0 saturated heterocycles. The van der Waals surface area contributed by atoms with E-state index >= 15 is 0 Å². The fourth-order valence-corrected chi connectivity index (χ4v) is 2.14. The van der Waals surface area contributed by atoms with Crippen molar-refractivity contribution in [2.24, 2.45) is 0 Å². The number of nitrogens with zero attached hydrogens (tertiary/aromatic N) is 3. The molecule has 2 heterocycles. The molecule has 0 atom stereocenters. The first-order chi connectivity index (χ1) is 9.19. The lowest BCUT2D eigenvalue weighted by Crippen LogP contribution is -1.94. The number of fused-ring (bicyclic) bond motifs is 1. The summed E-state index contributed by atoms with van der Waals surface area (Å²) in [6, 6.07) is 9.32. The molecule has 0 amide bonds. The summed E-state index contributed by atoms with van der Waals surface area (Å²) in [4.78, 5) is 8.07. The van der Waals surface area contributed by atoms with Crippen LogP contribution in [0, 0.1) is 18.3 Å². The van der Waals surface area contributed by atoms with Gasteiger partial charge >= 0.3 is 0 Å². The van der Waals surface area contributed by atoms with Crippen molar-refractivity contribution in [3.05, 3.63) is 47.0 Å². The van der Waals surface area contributed by atoms with Crippen molar-refractivity contribution in [3.63, 3.8) is 0 Å². The predicted molar refractivity (Wildman–Crippen MR) is 71.7 cm³/mol. The van der Waals surface area contributed by atoms with Crippen LogP contribution in [0.15, 0.2) is 35.0 Å². The van der Waals surface area contributed by atoms with Gasteiger partial charge in [0.15, 0.2) is 5.69 Å². The molecule has 5 heteroatoms. The lowest BCUT2D eigenvalue weighted by atomic mass is 10.1. The van der Waals surface area contributed by atoms with Crippen molar-refractivity contribution in [3.8, 4) is 17.4 Å². The van der Waals surface area contributed by atoms with Gasteiger partial charge in [-0.2, -0.15) is 5.26 Å². The number of hydrogen-bond acceptors (Lipinski definition) is 4. The third kappa shape index (κ3) is 1.94. The van der Waals surface area contributed by atoms with Gasteiger partial charge in [0, 0.05) is 16.5 Å². The van der Waals surface area contributed by atoms with Gasteiger partial charge in [-0.15, -0.1) is 0 Å². The van der Waals surface area contributed by atoms with Crippen LogP contribution in [0.5, 0.6) is 0 Å². The molecule has 0 spiro atoms. The van der Waals surface area contributed by atoms with E-state index in [4.69, 9.17) is 21.3 Å². The van der Waals surface area contributed by atoms with Crippen LogP contribution in [0.25, 0.3) is 22.3 Å². The number of aryl methyl sites for hydroxylation is 1. The maximum absolute atomic E-state index is 9.12. The fourth-order valence-electron chi connectivity index (χ4n) is 1.98. The first kappa shape index (κ1) is 11.7. The molecule has 0 saturated carbocycles. The van der Waals surface area contributed by atoms with Gasteiger partial charge in [0.1, 0.15) is 23.7 Å². The van der Waals surface area contributed by atoms with E-state index in [1.807, 2.05) is 19.1 Å². The maximum Gasteiger partial charge on any atom is 0.155 e. The zero-order valence-corrected chi connectivity index (χ0v) is 10.8. The van der Waals surface area contributed by atoms with E-state index in [-0.39, 0.29) is 0 Å². The topological polar surface area (TPSA) is 62.7 Å². The van der Waals surface area contributed by atoms with Crippen molar-refractivity contribution in [1.29, 1.82) is 5.26 Å². The summed E-state index contributed by atoms with van der Waals surface area (Å²) < 4.78 is 5.74. The highest BCUT2D eigenvalue weighted by Gasteiger charge is 2.15. The van der Waals surface area contributed by atoms with Crippen LogP contribution in [-0.2, 0) is 0 Å². The molecule has 1 aromatic carbocycles. The molecule has 2 aromatic heterocycles. The molecule has 0 fully saturated rings. The second-order valence-corrected chi connectivity index (χ2v) is 4.52. The van der Waals surface area contributed by atoms with Crippen molar-refractivity contribution in [1.82, 2.24) is 9.97 Å². The Hall–Kier alpha value is -2.38. The quantitative estimate of drug-likeness (QED) is 0.675. The van der Waals surface area contributed by atoms with E-state index in [1.54, 1.807) is 12.1 Å². The van der Waals surface area contributed by atoms with Gasteiger partial charge in [0.2, 0.25) is 0 Å². The van der Waals surface area contributed by atoms with Gasteiger partial charge in [0.05, 0.1) is 11.3 Å². The number of hydrogen-bond donors (Lipinski definition) is 0. The van der Waals surface area contributed by atoms with E-state index < -0.39 is 0 Å². The van der Waals surface area contributed by atoms with E-state index in [0.29, 0.717) is 33.3 Å². The molecular weight excluding hydrogens is 262 g/mol. The van der Waals surface area contributed by atoms with Gasteiger partial charge < -0.3 is 4.42 Å². The molecule has 92 valence electrons. The summed E-state index contributed by atoms with van der Waals surface area (Å²) in [5.41, 5.74) is 2.31. The molecule has 4 nitrogen and oxygen atoms in total. The minimum atomic E-state index is 0.303. The molecule has 19 heavy (non-hydrogen) atoms. The van der Waals surface area contributed by atoms with Crippen LogP contribution in [0.3, 0.4) is 0 Å². The van der Waals surface area contributed by atoms with Crippen LogP contribution in [-0.4, -0.2) is 9.97 Å². The molecule has 3 rings (SSSR count). The SMILES string of the molecule is Cc1ncnc(C#N)c1-c1cc2ccc(Cl)cc2o1. The summed E-state index contributed by atoms with van der Waals surface area (Å²) in [7, 11) is 0. The Morgan fingerprint density at radius 1 is 1.26 bits per heavy atom. The Labute approximate surface area is 114 Å². The van der Waals surface area contributed by atoms with Crippen molar-refractivity contribution in [2.45, 2.75) is 6.92 Å². The largest absolute Gasteiger partial charge is 0.456 e. The van der Waals surface area contributed by atoms with Crippen molar-refractivity contribution >= 4 is 22.6 Å². The minimum absolute atomic E-state index is 0.303. The van der Waals surface area contributed by atoms with Crippen LogP contribution in [0.4, 0.5) is 0 Å². The summed E-state index contributed by atoms with van der Waals surface area (Å²) in [6.45, 7) is 1.82. The highest BCUT2D eigenvalue weighted by Crippen LogP contribution is 2.31. The molecular formula is C14H8ClN3O. The second kappa shape index (κ2) is 4.38. The predicted octanol–water partition coefficient (Wildman–Crippen LogP) is 3.72. The Balaban J connectivity index is 2.28. The molecule has 0 radical (unpaired) electrons. The van der Waals surface area contributed by atoms with Crippen LogP contribution >= 0.6 is 11.6 Å². The highest BCUT2D eigenvalue weighted by atomic mass is 35.5. The van der Waals surface area contributed by atoms with Crippen molar-refractivity contribution in [2.75, 3.05) is 0 Å². The van der Waals surface area contributed by atoms with E-state index in [0.717, 1.165) is 5.39 Å². The Morgan fingerprint density at radius 2 is 2.11 bits per heavy atom. The number of nitriles is 1. The third-order valence-corrected chi connectivity index (χ3v) is 3.11. The molecule has 0 aliphatic rings. The Morgan fingerprint density at radius 3 is 2.89 bits per heavy atom. The summed E-state index contributed by atoms with van der Waals surface area (Å²) in [5, 5.41) is 10.6. The number of benzene rings is 1. The molecule has 0 aliphatic carbocycles. The lowest BCUT2D eigenvalue weighted by Gasteiger charge is -2.01. The molecule has 0 unspecified atom stereocenters. The average Bonchev–Trinajstić information content (AvgIpc) is 2.80. The second-order valence-electron chi connectivity index (χ2n) is 4.09. The van der Waals surface area contributed by atoms with Crippen LogP contribution in [0.2, 0.25) is 5.02 Å². The summed E-state index contributed by atoms with van der Waals surface area (Å²) in [6.07, 6.45) is 1.37. The summed E-state index contributed by atoms with van der Waals surface area (Å²) >= 11 is 5.93. The Bertz CT molecular complexity index is 817. The molecule has 3 aromatic rings. The standard InChI is InChI=1S/C14H8ClN3O/c1-8-14(11(6-16)18-7-17-8)13-4-9-2-3-10(15)5-12(9)19-13/h2-5,7H,1H3. The zero-order chi connectivity index (χ0) is 13.4. The Kier molecular flexibility index (Phi) is 2.69. The van der Waals surface area contributed by atoms with Gasteiger partial charge in [-0.1, -0.05) is 11.6 Å². The zero-order valence-electron chi connectivity index (χ0n) is 10.0. The minimum Gasteiger partial charge on any atom is -0.456 e. The van der Waals surface area contributed by atoms with Crippen LogP contribution < -0.4 is 0 Å². The normalized spacial score (nSPS) is 10.6.